The third kappa shape index (κ3) is 4.28. The van der Waals surface area contributed by atoms with Gasteiger partial charge in [0.1, 0.15) is 5.76 Å². The highest BCUT2D eigenvalue weighted by Crippen LogP contribution is 2.23. The summed E-state index contributed by atoms with van der Waals surface area (Å²) >= 11 is 1.67. The minimum atomic E-state index is -0.147. The van der Waals surface area contributed by atoms with Gasteiger partial charge in [0.15, 0.2) is 5.76 Å². The van der Waals surface area contributed by atoms with E-state index in [0.29, 0.717) is 18.2 Å². The maximum Gasteiger partial charge on any atom is 0.287 e. The molecule has 1 amide bonds. The molecule has 0 aliphatic heterocycles. The van der Waals surface area contributed by atoms with Crippen molar-refractivity contribution >= 4 is 17.7 Å². The van der Waals surface area contributed by atoms with Crippen LogP contribution in [0.1, 0.15) is 42.0 Å². The number of hydrogen-bond donors (Lipinski definition) is 2. The molecule has 1 saturated carbocycles. The SMILES string of the molecule is CSCc1ccc(C(=O)NCC2CCC(O)CC2)o1. The van der Waals surface area contributed by atoms with Gasteiger partial charge in [-0.3, -0.25) is 4.79 Å². The van der Waals surface area contributed by atoms with E-state index in [1.54, 1.807) is 17.8 Å². The first-order valence-corrected chi connectivity index (χ1v) is 8.12. The molecule has 0 spiro atoms. The van der Waals surface area contributed by atoms with Crippen LogP contribution in [0.15, 0.2) is 16.5 Å². The van der Waals surface area contributed by atoms with Crippen LogP contribution >= 0.6 is 11.8 Å². The number of carbonyl (C=O) groups excluding carboxylic acids is 1. The highest BCUT2D eigenvalue weighted by atomic mass is 32.2. The first-order valence-electron chi connectivity index (χ1n) is 6.73. The van der Waals surface area contributed by atoms with Gasteiger partial charge in [-0.1, -0.05) is 0 Å². The molecule has 106 valence electrons. The Kier molecular flexibility index (Phi) is 5.34. The summed E-state index contributed by atoms with van der Waals surface area (Å²) in [5, 5.41) is 12.3. The molecular weight excluding hydrogens is 262 g/mol. The Balaban J connectivity index is 1.77. The summed E-state index contributed by atoms with van der Waals surface area (Å²) in [5.41, 5.74) is 0. The van der Waals surface area contributed by atoms with Crippen LogP contribution < -0.4 is 5.32 Å². The standard InChI is InChI=1S/C14H21NO3S/c1-19-9-12-6-7-13(18-12)14(17)15-8-10-2-4-11(16)5-3-10/h6-7,10-11,16H,2-5,8-9H2,1H3,(H,15,17). The van der Waals surface area contributed by atoms with Crippen molar-refractivity contribution < 1.29 is 14.3 Å². The van der Waals surface area contributed by atoms with Gasteiger partial charge >= 0.3 is 0 Å². The van der Waals surface area contributed by atoms with E-state index in [1.165, 1.54) is 0 Å². The number of aliphatic hydroxyl groups is 1. The predicted molar refractivity (Wildman–Crippen MR) is 76.2 cm³/mol. The second kappa shape index (κ2) is 7.01. The molecule has 1 aromatic heterocycles. The van der Waals surface area contributed by atoms with E-state index in [2.05, 4.69) is 5.32 Å². The molecule has 0 bridgehead atoms. The summed E-state index contributed by atoms with van der Waals surface area (Å²) < 4.78 is 5.47. The van der Waals surface area contributed by atoms with Gasteiger partial charge in [-0.2, -0.15) is 11.8 Å². The van der Waals surface area contributed by atoms with Crippen molar-refractivity contribution in [2.24, 2.45) is 5.92 Å². The molecular formula is C14H21NO3S. The summed E-state index contributed by atoms with van der Waals surface area (Å²) in [5.74, 6) is 2.35. The smallest absolute Gasteiger partial charge is 0.287 e. The second-order valence-electron chi connectivity index (χ2n) is 5.08. The maximum absolute atomic E-state index is 11.9. The van der Waals surface area contributed by atoms with Gasteiger partial charge < -0.3 is 14.8 Å². The van der Waals surface area contributed by atoms with E-state index >= 15 is 0 Å². The Hall–Kier alpha value is -0.940. The molecule has 0 atom stereocenters. The zero-order chi connectivity index (χ0) is 13.7. The van der Waals surface area contributed by atoms with Crippen molar-refractivity contribution in [1.29, 1.82) is 0 Å². The molecule has 1 heterocycles. The van der Waals surface area contributed by atoms with Crippen molar-refractivity contribution in [3.63, 3.8) is 0 Å². The first-order chi connectivity index (χ1) is 9.19. The molecule has 0 unspecified atom stereocenters. The van der Waals surface area contributed by atoms with Crippen LogP contribution in [0.2, 0.25) is 0 Å². The fourth-order valence-electron chi connectivity index (χ4n) is 2.39. The molecule has 1 aliphatic rings. The zero-order valence-corrected chi connectivity index (χ0v) is 12.0. The van der Waals surface area contributed by atoms with Crippen LogP contribution in [0.5, 0.6) is 0 Å². The number of rotatable bonds is 5. The van der Waals surface area contributed by atoms with Crippen molar-refractivity contribution in [3.8, 4) is 0 Å². The Morgan fingerprint density at radius 2 is 2.16 bits per heavy atom. The van der Waals surface area contributed by atoms with Gasteiger partial charge in [-0.15, -0.1) is 0 Å². The highest BCUT2D eigenvalue weighted by molar-refractivity contribution is 7.97. The summed E-state index contributed by atoms with van der Waals surface area (Å²) in [4.78, 5) is 11.9. The number of nitrogens with one attached hydrogen (secondary N) is 1. The number of carbonyl (C=O) groups is 1. The first kappa shape index (κ1) is 14.5. The Bertz CT molecular complexity index is 411. The van der Waals surface area contributed by atoms with Crippen molar-refractivity contribution in [1.82, 2.24) is 5.32 Å². The molecule has 1 aliphatic carbocycles. The van der Waals surface area contributed by atoms with Crippen LogP contribution in [-0.2, 0) is 5.75 Å². The van der Waals surface area contributed by atoms with Gasteiger partial charge in [-0.05, 0) is 50.0 Å². The molecule has 0 saturated heterocycles. The highest BCUT2D eigenvalue weighted by Gasteiger charge is 2.20. The van der Waals surface area contributed by atoms with Crippen LogP contribution in [0, 0.1) is 5.92 Å². The molecule has 2 rings (SSSR count). The van der Waals surface area contributed by atoms with E-state index in [9.17, 15) is 9.90 Å². The van der Waals surface area contributed by atoms with Crippen LogP contribution in [0.4, 0.5) is 0 Å². The third-order valence-electron chi connectivity index (χ3n) is 3.54. The number of thioether (sulfide) groups is 1. The largest absolute Gasteiger partial charge is 0.455 e. The van der Waals surface area contributed by atoms with E-state index in [1.807, 2.05) is 12.3 Å². The van der Waals surface area contributed by atoms with Gasteiger partial charge in [0.25, 0.3) is 5.91 Å². The molecule has 19 heavy (non-hydrogen) atoms. The molecule has 1 fully saturated rings. The normalized spacial score (nSPS) is 23.3. The molecule has 2 N–H and O–H groups in total. The predicted octanol–water partition coefficient (Wildman–Crippen LogP) is 2.42. The van der Waals surface area contributed by atoms with Crippen molar-refractivity contribution in [3.05, 3.63) is 23.7 Å². The van der Waals surface area contributed by atoms with E-state index in [-0.39, 0.29) is 12.0 Å². The Labute approximate surface area is 117 Å². The quantitative estimate of drug-likeness (QED) is 0.871. The van der Waals surface area contributed by atoms with Gasteiger partial charge in [0, 0.05) is 6.54 Å². The fraction of sp³-hybridized carbons (Fsp3) is 0.643. The molecule has 4 nitrogen and oxygen atoms in total. The second-order valence-corrected chi connectivity index (χ2v) is 5.95. The average Bonchev–Trinajstić information content (AvgIpc) is 2.87. The maximum atomic E-state index is 11.9. The average molecular weight is 283 g/mol. The van der Waals surface area contributed by atoms with Crippen molar-refractivity contribution in [2.45, 2.75) is 37.5 Å². The van der Waals surface area contributed by atoms with Gasteiger partial charge in [0.2, 0.25) is 0 Å². The summed E-state index contributed by atoms with van der Waals surface area (Å²) in [6.07, 6.45) is 5.51. The minimum Gasteiger partial charge on any atom is -0.455 e. The lowest BCUT2D eigenvalue weighted by atomic mass is 9.87. The lowest BCUT2D eigenvalue weighted by Gasteiger charge is -2.25. The van der Waals surface area contributed by atoms with Crippen LogP contribution in [-0.4, -0.2) is 29.9 Å². The lowest BCUT2D eigenvalue weighted by Crippen LogP contribution is -2.31. The zero-order valence-electron chi connectivity index (χ0n) is 11.2. The van der Waals surface area contributed by atoms with Crippen molar-refractivity contribution in [2.75, 3.05) is 12.8 Å². The fourth-order valence-corrected chi connectivity index (χ4v) is 2.83. The monoisotopic (exact) mass is 283 g/mol. The number of amides is 1. The van der Waals surface area contributed by atoms with E-state index < -0.39 is 0 Å². The van der Waals surface area contributed by atoms with Crippen LogP contribution in [0.25, 0.3) is 0 Å². The molecule has 1 aromatic rings. The van der Waals surface area contributed by atoms with Crippen LogP contribution in [0.3, 0.4) is 0 Å². The van der Waals surface area contributed by atoms with E-state index in [4.69, 9.17) is 4.42 Å². The van der Waals surface area contributed by atoms with E-state index in [0.717, 1.165) is 37.2 Å². The number of furan rings is 1. The number of hydrogen-bond acceptors (Lipinski definition) is 4. The Morgan fingerprint density at radius 1 is 1.42 bits per heavy atom. The summed E-state index contributed by atoms with van der Waals surface area (Å²) in [6, 6.07) is 3.58. The van der Waals surface area contributed by atoms with Gasteiger partial charge in [-0.25, -0.2) is 0 Å². The third-order valence-corrected chi connectivity index (χ3v) is 4.11. The summed E-state index contributed by atoms with van der Waals surface area (Å²) in [6.45, 7) is 0.671. The topological polar surface area (TPSA) is 62.5 Å². The summed E-state index contributed by atoms with van der Waals surface area (Å²) in [7, 11) is 0. The molecule has 0 aromatic carbocycles. The van der Waals surface area contributed by atoms with Gasteiger partial charge in [0.05, 0.1) is 11.9 Å². The molecule has 5 heteroatoms. The lowest BCUT2D eigenvalue weighted by molar-refractivity contribution is 0.0884. The molecule has 0 radical (unpaired) electrons. The minimum absolute atomic E-state index is 0.140. The number of aliphatic hydroxyl groups excluding tert-OH is 1. The Morgan fingerprint density at radius 3 is 2.84 bits per heavy atom.